The van der Waals surface area contributed by atoms with Gasteiger partial charge in [0.2, 0.25) is 5.91 Å². The van der Waals surface area contributed by atoms with E-state index in [-0.39, 0.29) is 37.5 Å². The number of anilines is 1. The highest BCUT2D eigenvalue weighted by Crippen LogP contribution is 2.24. The Hall–Kier alpha value is -2.43. The molecule has 0 radical (unpaired) electrons. The van der Waals surface area contributed by atoms with Crippen molar-refractivity contribution in [3.8, 4) is 5.75 Å². The van der Waals surface area contributed by atoms with Crippen LogP contribution >= 0.6 is 0 Å². The molecule has 9 nitrogen and oxygen atoms in total. The molecule has 1 aliphatic heterocycles. The molecule has 1 saturated heterocycles. The monoisotopic (exact) mass is 368 g/mol. The molecule has 1 heterocycles. The number of nitrogens with zero attached hydrogens (tertiary/aromatic N) is 2. The molecule has 0 unspecified atom stereocenters. The first-order chi connectivity index (χ1) is 11.8. The molecule has 25 heavy (non-hydrogen) atoms. The molecule has 0 atom stereocenters. The lowest BCUT2D eigenvalue weighted by molar-refractivity contribution is -0.111. The number of benzene rings is 1. The Labute approximate surface area is 146 Å². The summed E-state index contributed by atoms with van der Waals surface area (Å²) in [5, 5.41) is 12.5. The van der Waals surface area contributed by atoms with Gasteiger partial charge in [0.05, 0.1) is 5.56 Å². The van der Waals surface area contributed by atoms with Crippen LogP contribution in [0.15, 0.2) is 30.9 Å². The van der Waals surface area contributed by atoms with Crippen molar-refractivity contribution in [1.82, 2.24) is 13.9 Å². The van der Waals surface area contributed by atoms with E-state index in [0.29, 0.717) is 5.69 Å². The van der Waals surface area contributed by atoms with Crippen molar-refractivity contribution < 1.29 is 23.1 Å². The van der Waals surface area contributed by atoms with Crippen LogP contribution in [0.5, 0.6) is 5.75 Å². The third-order valence-electron chi connectivity index (χ3n) is 3.80. The average molecular weight is 368 g/mol. The normalized spacial score (nSPS) is 15.6. The molecule has 136 valence electrons. The molecule has 0 spiro atoms. The number of piperazine rings is 1. The lowest BCUT2D eigenvalue weighted by Crippen LogP contribution is -2.52. The first kappa shape index (κ1) is 18.9. The molecule has 0 aromatic heterocycles. The summed E-state index contributed by atoms with van der Waals surface area (Å²) in [6, 6.07) is 4.15. The van der Waals surface area contributed by atoms with Gasteiger partial charge in [0, 0.05) is 38.9 Å². The maximum Gasteiger partial charge on any atom is 0.279 e. The van der Waals surface area contributed by atoms with E-state index in [1.807, 2.05) is 0 Å². The van der Waals surface area contributed by atoms with E-state index in [2.05, 4.69) is 16.6 Å². The fraction of sp³-hybridized carbons (Fsp3) is 0.333. The Bertz CT molecular complexity index is 785. The maximum absolute atomic E-state index is 12.6. The van der Waals surface area contributed by atoms with Gasteiger partial charge in [-0.05, 0) is 24.3 Å². The highest BCUT2D eigenvalue weighted by molar-refractivity contribution is 7.87. The number of rotatable bonds is 5. The van der Waals surface area contributed by atoms with E-state index in [4.69, 9.17) is 0 Å². The number of hydrogen-bond donors (Lipinski definition) is 3. The van der Waals surface area contributed by atoms with Crippen molar-refractivity contribution in [2.24, 2.45) is 0 Å². The van der Waals surface area contributed by atoms with Gasteiger partial charge >= 0.3 is 0 Å². The minimum atomic E-state index is -3.53. The van der Waals surface area contributed by atoms with E-state index >= 15 is 0 Å². The van der Waals surface area contributed by atoms with Crippen LogP contribution in [0.3, 0.4) is 0 Å². The summed E-state index contributed by atoms with van der Waals surface area (Å²) in [6.45, 7) is 4.05. The minimum absolute atomic E-state index is 0.0341. The van der Waals surface area contributed by atoms with Crippen LogP contribution < -0.4 is 10.0 Å². The first-order valence-corrected chi connectivity index (χ1v) is 8.97. The lowest BCUT2D eigenvalue weighted by atomic mass is 10.1. The molecule has 1 fully saturated rings. The fourth-order valence-electron chi connectivity index (χ4n) is 2.41. The third kappa shape index (κ3) is 4.35. The molecule has 1 aliphatic rings. The number of aromatic hydroxyl groups is 1. The van der Waals surface area contributed by atoms with Crippen molar-refractivity contribution in [3.63, 3.8) is 0 Å². The Morgan fingerprint density at radius 3 is 2.44 bits per heavy atom. The van der Waals surface area contributed by atoms with E-state index in [1.165, 1.54) is 34.5 Å². The smallest absolute Gasteiger partial charge is 0.279 e. The number of carbonyl (C=O) groups is 2. The zero-order chi connectivity index (χ0) is 18.6. The van der Waals surface area contributed by atoms with Crippen LogP contribution in [-0.4, -0.2) is 67.8 Å². The highest BCUT2D eigenvalue weighted by Gasteiger charge is 2.29. The van der Waals surface area contributed by atoms with Gasteiger partial charge in [0.1, 0.15) is 5.75 Å². The topological polar surface area (TPSA) is 119 Å². The Morgan fingerprint density at radius 2 is 1.88 bits per heavy atom. The average Bonchev–Trinajstić information content (AvgIpc) is 2.62. The quantitative estimate of drug-likeness (QED) is 0.489. The number of phenols is 1. The zero-order valence-electron chi connectivity index (χ0n) is 13.7. The SMILES string of the molecule is C=CC(=O)Nc1ccc(O)c(C(=O)N2CCN(S(=O)(=O)NC)CC2)c1. The summed E-state index contributed by atoms with van der Waals surface area (Å²) in [5.74, 6) is -1.09. The van der Waals surface area contributed by atoms with Crippen LogP contribution in [0.25, 0.3) is 0 Å². The predicted molar refractivity (Wildman–Crippen MR) is 92.4 cm³/mol. The van der Waals surface area contributed by atoms with Crippen molar-refractivity contribution in [2.45, 2.75) is 0 Å². The van der Waals surface area contributed by atoms with Gasteiger partial charge in [-0.2, -0.15) is 12.7 Å². The van der Waals surface area contributed by atoms with Crippen LogP contribution in [0.1, 0.15) is 10.4 Å². The van der Waals surface area contributed by atoms with Gasteiger partial charge in [0.25, 0.3) is 16.1 Å². The van der Waals surface area contributed by atoms with E-state index in [1.54, 1.807) is 0 Å². The second-order valence-corrected chi connectivity index (χ2v) is 7.20. The standard InChI is InChI=1S/C15H20N4O5S/c1-3-14(21)17-11-4-5-13(20)12(10-11)15(22)18-6-8-19(9-7-18)25(23,24)16-2/h3-5,10,16,20H,1,6-9H2,2H3,(H,17,21). The number of carbonyl (C=O) groups excluding carboxylic acids is 2. The Morgan fingerprint density at radius 1 is 1.24 bits per heavy atom. The fourth-order valence-corrected chi connectivity index (χ4v) is 3.31. The molecule has 1 aromatic rings. The van der Waals surface area contributed by atoms with E-state index in [9.17, 15) is 23.1 Å². The second-order valence-electron chi connectivity index (χ2n) is 5.33. The number of amides is 2. The van der Waals surface area contributed by atoms with Crippen LogP contribution in [-0.2, 0) is 15.0 Å². The molecule has 10 heteroatoms. The van der Waals surface area contributed by atoms with Gasteiger partial charge < -0.3 is 15.3 Å². The van der Waals surface area contributed by atoms with Gasteiger partial charge in [-0.15, -0.1) is 0 Å². The summed E-state index contributed by atoms with van der Waals surface area (Å²) in [4.78, 5) is 25.4. The summed E-state index contributed by atoms with van der Waals surface area (Å²) < 4.78 is 27.0. The maximum atomic E-state index is 12.6. The van der Waals surface area contributed by atoms with Crippen molar-refractivity contribution in [2.75, 3.05) is 38.5 Å². The molecule has 2 rings (SSSR count). The van der Waals surface area contributed by atoms with Crippen molar-refractivity contribution in [3.05, 3.63) is 36.4 Å². The molecule has 0 aliphatic carbocycles. The van der Waals surface area contributed by atoms with Crippen LogP contribution in [0.4, 0.5) is 5.69 Å². The predicted octanol–water partition coefficient (Wildman–Crippen LogP) is -0.261. The van der Waals surface area contributed by atoms with E-state index in [0.717, 1.165) is 6.08 Å². The Kier molecular flexibility index (Phi) is 5.77. The lowest BCUT2D eigenvalue weighted by Gasteiger charge is -2.33. The largest absolute Gasteiger partial charge is 0.507 e. The summed E-state index contributed by atoms with van der Waals surface area (Å²) in [5.41, 5.74) is 0.384. The van der Waals surface area contributed by atoms with Crippen LogP contribution in [0.2, 0.25) is 0 Å². The van der Waals surface area contributed by atoms with Crippen molar-refractivity contribution >= 4 is 27.7 Å². The number of nitrogens with one attached hydrogen (secondary N) is 2. The molecular formula is C15H20N4O5S. The van der Waals surface area contributed by atoms with Gasteiger partial charge in [-0.1, -0.05) is 6.58 Å². The molecule has 2 amide bonds. The van der Waals surface area contributed by atoms with Crippen LogP contribution in [0, 0.1) is 0 Å². The molecule has 3 N–H and O–H groups in total. The molecule has 0 bridgehead atoms. The van der Waals surface area contributed by atoms with Gasteiger partial charge in [0.15, 0.2) is 0 Å². The highest BCUT2D eigenvalue weighted by atomic mass is 32.2. The van der Waals surface area contributed by atoms with Crippen molar-refractivity contribution in [1.29, 1.82) is 0 Å². The molecular weight excluding hydrogens is 348 g/mol. The van der Waals surface area contributed by atoms with Gasteiger partial charge in [-0.25, -0.2) is 4.72 Å². The minimum Gasteiger partial charge on any atom is -0.507 e. The Balaban J connectivity index is 2.12. The molecule has 1 aromatic carbocycles. The number of phenolic OH excluding ortho intramolecular Hbond substituents is 1. The first-order valence-electron chi connectivity index (χ1n) is 7.53. The summed E-state index contributed by atoms with van der Waals surface area (Å²) in [6.07, 6.45) is 1.09. The molecule has 0 saturated carbocycles. The third-order valence-corrected chi connectivity index (χ3v) is 5.36. The van der Waals surface area contributed by atoms with Gasteiger partial charge in [-0.3, -0.25) is 9.59 Å². The van der Waals surface area contributed by atoms with E-state index < -0.39 is 22.0 Å². The number of hydrogen-bond acceptors (Lipinski definition) is 5. The second kappa shape index (κ2) is 7.64. The zero-order valence-corrected chi connectivity index (χ0v) is 14.5. The summed E-state index contributed by atoms with van der Waals surface area (Å²) >= 11 is 0. The summed E-state index contributed by atoms with van der Waals surface area (Å²) in [7, 11) is -2.20.